The topological polar surface area (TPSA) is 12.0 Å². The minimum Gasteiger partial charge on any atom is -0.306 e. The lowest BCUT2D eigenvalue weighted by Gasteiger charge is -2.16. The zero-order chi connectivity index (χ0) is 14.7. The summed E-state index contributed by atoms with van der Waals surface area (Å²) < 4.78 is 14.5. The van der Waals surface area contributed by atoms with Gasteiger partial charge in [0.05, 0.1) is 5.02 Å². The molecule has 0 amide bonds. The molecule has 0 aromatic heterocycles. The molecule has 20 heavy (non-hydrogen) atoms. The molecule has 0 spiro atoms. The van der Waals surface area contributed by atoms with Crippen LogP contribution in [-0.4, -0.2) is 0 Å². The molecule has 0 saturated heterocycles. The molecule has 2 aromatic rings. The highest BCUT2D eigenvalue weighted by Crippen LogP contribution is 2.28. The second-order valence-corrected chi connectivity index (χ2v) is 6.25. The molecule has 0 heterocycles. The van der Waals surface area contributed by atoms with E-state index in [9.17, 15) is 4.39 Å². The summed E-state index contributed by atoms with van der Waals surface area (Å²) in [5.41, 5.74) is 1.83. The van der Waals surface area contributed by atoms with E-state index in [4.69, 9.17) is 23.2 Å². The van der Waals surface area contributed by atoms with Crippen molar-refractivity contribution in [1.29, 1.82) is 0 Å². The Balaban J connectivity index is 2.09. The van der Waals surface area contributed by atoms with Crippen LogP contribution in [0, 0.1) is 5.82 Å². The van der Waals surface area contributed by atoms with Crippen LogP contribution >= 0.6 is 39.1 Å². The predicted octanol–water partition coefficient (Wildman–Crippen LogP) is 5.75. The Bertz CT molecular complexity index is 619. The summed E-state index contributed by atoms with van der Waals surface area (Å²) in [5, 5.41) is 3.82. The molecule has 2 rings (SSSR count). The molecule has 5 heteroatoms. The molecule has 0 bridgehead atoms. The molecule has 0 aliphatic rings. The number of nitrogens with one attached hydrogen (secondary N) is 1. The van der Waals surface area contributed by atoms with Crippen molar-refractivity contribution in [2.45, 2.75) is 19.5 Å². The summed E-state index contributed by atoms with van der Waals surface area (Å²) >= 11 is 15.2. The van der Waals surface area contributed by atoms with Crippen molar-refractivity contribution in [3.05, 3.63) is 67.9 Å². The molecular formula is C15H13BrCl2FN. The molecule has 0 radical (unpaired) electrons. The van der Waals surface area contributed by atoms with Crippen LogP contribution in [-0.2, 0) is 6.54 Å². The molecule has 1 nitrogen and oxygen atoms in total. The summed E-state index contributed by atoms with van der Waals surface area (Å²) in [6.07, 6.45) is 0. The van der Waals surface area contributed by atoms with Crippen LogP contribution < -0.4 is 5.32 Å². The lowest BCUT2D eigenvalue weighted by molar-refractivity contribution is 0.565. The van der Waals surface area contributed by atoms with Gasteiger partial charge in [0.15, 0.2) is 0 Å². The summed E-state index contributed by atoms with van der Waals surface area (Å²) in [5.74, 6) is -0.456. The van der Waals surface area contributed by atoms with Crippen LogP contribution in [0.3, 0.4) is 0 Å². The van der Waals surface area contributed by atoms with E-state index in [1.807, 2.05) is 31.2 Å². The van der Waals surface area contributed by atoms with Gasteiger partial charge in [-0.05, 0) is 42.3 Å². The molecular weight excluding hydrogens is 364 g/mol. The number of hydrogen-bond donors (Lipinski definition) is 1. The minimum atomic E-state index is -0.456. The molecule has 2 aromatic carbocycles. The Labute approximate surface area is 136 Å². The first-order chi connectivity index (χ1) is 9.47. The lowest BCUT2D eigenvalue weighted by atomic mass is 10.1. The van der Waals surface area contributed by atoms with Crippen molar-refractivity contribution in [2.75, 3.05) is 0 Å². The Morgan fingerprint density at radius 1 is 1.20 bits per heavy atom. The maximum Gasteiger partial charge on any atom is 0.142 e. The van der Waals surface area contributed by atoms with Crippen LogP contribution in [0.15, 0.2) is 40.9 Å². The molecule has 1 atom stereocenters. The normalized spacial score (nSPS) is 12.4. The zero-order valence-electron chi connectivity index (χ0n) is 10.8. The second kappa shape index (κ2) is 6.90. The maximum atomic E-state index is 13.5. The van der Waals surface area contributed by atoms with Crippen molar-refractivity contribution >= 4 is 39.1 Å². The van der Waals surface area contributed by atoms with Crippen molar-refractivity contribution < 1.29 is 4.39 Å². The van der Waals surface area contributed by atoms with Crippen molar-refractivity contribution in [3.63, 3.8) is 0 Å². The number of benzene rings is 2. The molecule has 1 unspecified atom stereocenters. The fourth-order valence-corrected chi connectivity index (χ4v) is 2.89. The van der Waals surface area contributed by atoms with Gasteiger partial charge in [0.25, 0.3) is 0 Å². The second-order valence-electron chi connectivity index (χ2n) is 4.52. The average molecular weight is 377 g/mol. The zero-order valence-corrected chi connectivity index (χ0v) is 13.9. The van der Waals surface area contributed by atoms with E-state index in [0.717, 1.165) is 10.0 Å². The molecule has 0 fully saturated rings. The van der Waals surface area contributed by atoms with Gasteiger partial charge in [-0.2, -0.15) is 0 Å². The van der Waals surface area contributed by atoms with E-state index in [1.165, 1.54) is 12.1 Å². The monoisotopic (exact) mass is 375 g/mol. The standard InChI is InChI=1S/C15H13BrCl2FN/c1-9(12-6-15(19)14(18)7-13(12)17)20-8-10-3-2-4-11(16)5-10/h2-7,9,20H,8H2,1H3. The third-order valence-electron chi connectivity index (χ3n) is 3.01. The quantitative estimate of drug-likeness (QED) is 0.670. The van der Waals surface area contributed by atoms with E-state index >= 15 is 0 Å². The Kier molecular flexibility index (Phi) is 5.44. The van der Waals surface area contributed by atoms with Gasteiger partial charge in [0.1, 0.15) is 5.82 Å². The average Bonchev–Trinajstić information content (AvgIpc) is 2.40. The first-order valence-electron chi connectivity index (χ1n) is 6.09. The first kappa shape index (κ1) is 15.8. The fourth-order valence-electron chi connectivity index (χ4n) is 1.90. The third-order valence-corrected chi connectivity index (χ3v) is 4.12. The van der Waals surface area contributed by atoms with E-state index in [1.54, 1.807) is 0 Å². The molecule has 0 aliphatic heterocycles. The highest BCUT2D eigenvalue weighted by atomic mass is 79.9. The van der Waals surface area contributed by atoms with Crippen molar-refractivity contribution in [1.82, 2.24) is 5.32 Å². The van der Waals surface area contributed by atoms with E-state index in [2.05, 4.69) is 21.2 Å². The van der Waals surface area contributed by atoms with Gasteiger partial charge in [0, 0.05) is 22.1 Å². The fraction of sp³-hybridized carbons (Fsp3) is 0.200. The number of rotatable bonds is 4. The van der Waals surface area contributed by atoms with E-state index in [0.29, 0.717) is 17.1 Å². The highest BCUT2D eigenvalue weighted by molar-refractivity contribution is 9.10. The first-order valence-corrected chi connectivity index (χ1v) is 7.64. The van der Waals surface area contributed by atoms with Crippen LogP contribution in [0.4, 0.5) is 4.39 Å². The van der Waals surface area contributed by atoms with Crippen LogP contribution in [0.1, 0.15) is 24.1 Å². The van der Waals surface area contributed by atoms with Crippen molar-refractivity contribution in [2.24, 2.45) is 0 Å². The Morgan fingerprint density at radius 2 is 1.95 bits per heavy atom. The lowest BCUT2D eigenvalue weighted by Crippen LogP contribution is -2.18. The van der Waals surface area contributed by atoms with Gasteiger partial charge in [-0.3, -0.25) is 0 Å². The van der Waals surface area contributed by atoms with Crippen LogP contribution in [0.5, 0.6) is 0 Å². The third kappa shape index (κ3) is 3.95. The summed E-state index contributed by atoms with van der Waals surface area (Å²) in [7, 11) is 0. The summed E-state index contributed by atoms with van der Waals surface area (Å²) in [4.78, 5) is 0. The van der Waals surface area contributed by atoms with Gasteiger partial charge in [0.2, 0.25) is 0 Å². The van der Waals surface area contributed by atoms with Crippen LogP contribution in [0.25, 0.3) is 0 Å². The highest BCUT2D eigenvalue weighted by Gasteiger charge is 2.13. The van der Waals surface area contributed by atoms with Crippen molar-refractivity contribution in [3.8, 4) is 0 Å². The van der Waals surface area contributed by atoms with E-state index in [-0.39, 0.29) is 11.1 Å². The predicted molar refractivity (Wildman–Crippen MR) is 85.8 cm³/mol. The summed E-state index contributed by atoms with van der Waals surface area (Å²) in [6.45, 7) is 2.60. The smallest absolute Gasteiger partial charge is 0.142 e. The van der Waals surface area contributed by atoms with Gasteiger partial charge in [-0.15, -0.1) is 0 Å². The molecule has 1 N–H and O–H groups in total. The van der Waals surface area contributed by atoms with Gasteiger partial charge in [-0.25, -0.2) is 4.39 Å². The molecule has 0 aliphatic carbocycles. The number of halogens is 4. The molecule has 106 valence electrons. The SMILES string of the molecule is CC(NCc1cccc(Br)c1)c1cc(F)c(Cl)cc1Cl. The number of hydrogen-bond acceptors (Lipinski definition) is 1. The van der Waals surface area contributed by atoms with Gasteiger partial charge in [-0.1, -0.05) is 51.3 Å². The minimum absolute atomic E-state index is 0.0398. The van der Waals surface area contributed by atoms with Crippen LogP contribution in [0.2, 0.25) is 10.0 Å². The Morgan fingerprint density at radius 3 is 2.65 bits per heavy atom. The molecule has 0 saturated carbocycles. The largest absolute Gasteiger partial charge is 0.306 e. The maximum absolute atomic E-state index is 13.5. The van der Waals surface area contributed by atoms with E-state index < -0.39 is 5.82 Å². The van der Waals surface area contributed by atoms with Gasteiger partial charge < -0.3 is 5.32 Å². The van der Waals surface area contributed by atoms with Gasteiger partial charge >= 0.3 is 0 Å². The summed E-state index contributed by atoms with van der Waals surface area (Å²) in [6, 6.07) is 10.7. The Hall–Kier alpha value is -0.610.